The zero-order valence-corrected chi connectivity index (χ0v) is 17.1. The van der Waals surface area contributed by atoms with E-state index in [1.165, 1.54) is 12.3 Å². The summed E-state index contributed by atoms with van der Waals surface area (Å²) < 4.78 is 5.41. The van der Waals surface area contributed by atoms with Gasteiger partial charge in [0.1, 0.15) is 30.7 Å². The van der Waals surface area contributed by atoms with Gasteiger partial charge in [-0.15, -0.1) is 0 Å². The van der Waals surface area contributed by atoms with E-state index in [4.69, 9.17) is 15.7 Å². The second-order valence-electron chi connectivity index (χ2n) is 7.53. The number of rotatable bonds is 6. The third-order valence-electron chi connectivity index (χ3n) is 5.57. The van der Waals surface area contributed by atoms with Gasteiger partial charge in [-0.05, 0) is 28.3 Å². The lowest BCUT2D eigenvalue weighted by atomic mass is 9.98. The van der Waals surface area contributed by atoms with Crippen molar-refractivity contribution in [1.82, 2.24) is 10.3 Å². The number of nitrogens with two attached hydrogens (primary N) is 1. The molecule has 162 valence electrons. The average molecular weight is 430 g/mol. The van der Waals surface area contributed by atoms with Crippen LogP contribution in [0, 0.1) is 11.3 Å². The lowest BCUT2D eigenvalue weighted by Crippen LogP contribution is -2.36. The Morgan fingerprint density at radius 1 is 1.16 bits per heavy atom. The van der Waals surface area contributed by atoms with Crippen LogP contribution in [0.25, 0.3) is 11.1 Å². The molecular formula is C24H22N4O4. The molecule has 8 heteroatoms. The SMILES string of the molecule is N#Cc1cc(C(O)C(O)CNC(=O)OCC2c3ccccc3-c3ccccc32)cnc1N. The van der Waals surface area contributed by atoms with Crippen LogP contribution in [0.3, 0.4) is 0 Å². The van der Waals surface area contributed by atoms with Crippen LogP contribution in [0.1, 0.15) is 34.3 Å². The fraction of sp³-hybridized carbons (Fsp3) is 0.208. The summed E-state index contributed by atoms with van der Waals surface area (Å²) in [5.74, 6) is -0.0383. The number of carbonyl (C=O) groups excluding carboxylic acids is 1. The van der Waals surface area contributed by atoms with E-state index >= 15 is 0 Å². The van der Waals surface area contributed by atoms with E-state index in [-0.39, 0.29) is 36.0 Å². The topological polar surface area (TPSA) is 141 Å². The maximum Gasteiger partial charge on any atom is 0.407 e. The van der Waals surface area contributed by atoms with Gasteiger partial charge in [-0.3, -0.25) is 0 Å². The molecule has 2 aromatic carbocycles. The first-order chi connectivity index (χ1) is 15.5. The number of ether oxygens (including phenoxy) is 1. The molecule has 2 unspecified atom stereocenters. The molecule has 3 aromatic rings. The first kappa shape index (κ1) is 21.3. The fourth-order valence-corrected chi connectivity index (χ4v) is 3.91. The molecule has 0 saturated carbocycles. The standard InChI is InChI=1S/C24H22N4O4/c25-10-14-9-15(11-27-23(14)26)22(30)21(29)12-28-24(31)32-13-20-18-7-3-1-5-16(18)17-6-2-4-8-19(17)20/h1-9,11,20-22,29-30H,12-13H2,(H2,26,27)(H,28,31). The third-order valence-corrected chi connectivity index (χ3v) is 5.57. The number of nitriles is 1. The summed E-state index contributed by atoms with van der Waals surface area (Å²) in [6.45, 7) is -0.101. The number of carbonyl (C=O) groups is 1. The number of aliphatic hydroxyl groups is 2. The van der Waals surface area contributed by atoms with Gasteiger partial charge in [-0.1, -0.05) is 48.5 Å². The van der Waals surface area contributed by atoms with Crippen molar-refractivity contribution in [2.24, 2.45) is 0 Å². The van der Waals surface area contributed by atoms with E-state index in [9.17, 15) is 15.0 Å². The van der Waals surface area contributed by atoms with Gasteiger partial charge in [-0.2, -0.15) is 5.26 Å². The van der Waals surface area contributed by atoms with Gasteiger partial charge < -0.3 is 26.0 Å². The number of amides is 1. The van der Waals surface area contributed by atoms with Gasteiger partial charge in [0.2, 0.25) is 0 Å². The second-order valence-corrected chi connectivity index (χ2v) is 7.53. The third kappa shape index (κ3) is 4.12. The molecule has 0 aliphatic heterocycles. The molecule has 1 aromatic heterocycles. The molecule has 1 heterocycles. The van der Waals surface area contributed by atoms with Gasteiger partial charge in [0.05, 0.1) is 5.56 Å². The highest BCUT2D eigenvalue weighted by Crippen LogP contribution is 2.44. The summed E-state index contributed by atoms with van der Waals surface area (Å²) in [6.07, 6.45) is -2.11. The van der Waals surface area contributed by atoms with E-state index in [0.29, 0.717) is 0 Å². The van der Waals surface area contributed by atoms with E-state index in [1.807, 2.05) is 42.5 Å². The number of hydrogen-bond acceptors (Lipinski definition) is 7. The van der Waals surface area contributed by atoms with Crippen molar-refractivity contribution in [2.75, 3.05) is 18.9 Å². The molecule has 2 atom stereocenters. The number of nitrogens with one attached hydrogen (secondary N) is 1. The lowest BCUT2D eigenvalue weighted by Gasteiger charge is -2.19. The largest absolute Gasteiger partial charge is 0.449 e. The Morgan fingerprint density at radius 2 is 1.78 bits per heavy atom. The number of benzene rings is 2. The van der Waals surface area contributed by atoms with Crippen molar-refractivity contribution < 1.29 is 19.7 Å². The Balaban J connectivity index is 1.34. The first-order valence-electron chi connectivity index (χ1n) is 10.1. The van der Waals surface area contributed by atoms with Crippen molar-refractivity contribution in [3.05, 3.63) is 83.0 Å². The van der Waals surface area contributed by atoms with Crippen LogP contribution in [0.5, 0.6) is 0 Å². The summed E-state index contributed by atoms with van der Waals surface area (Å²) in [5, 5.41) is 32.0. The van der Waals surface area contributed by atoms with E-state index in [0.717, 1.165) is 22.3 Å². The number of nitrogen functional groups attached to an aromatic ring is 1. The summed E-state index contributed by atoms with van der Waals surface area (Å²) in [7, 11) is 0. The molecule has 4 rings (SSSR count). The Kier molecular flexibility index (Phi) is 6.03. The molecule has 1 aliphatic rings. The molecule has 0 radical (unpaired) electrons. The molecular weight excluding hydrogens is 408 g/mol. The van der Waals surface area contributed by atoms with Crippen LogP contribution in [-0.4, -0.2) is 40.5 Å². The van der Waals surface area contributed by atoms with Crippen molar-refractivity contribution in [2.45, 2.75) is 18.1 Å². The maximum absolute atomic E-state index is 12.2. The number of nitrogens with zero attached hydrogens (tertiary/aromatic N) is 2. The molecule has 5 N–H and O–H groups in total. The van der Waals surface area contributed by atoms with E-state index in [2.05, 4.69) is 22.4 Å². The van der Waals surface area contributed by atoms with Gasteiger partial charge >= 0.3 is 6.09 Å². The van der Waals surface area contributed by atoms with E-state index < -0.39 is 18.3 Å². The number of pyridine rings is 1. The normalized spacial score (nSPS) is 14.0. The average Bonchev–Trinajstić information content (AvgIpc) is 3.14. The van der Waals surface area contributed by atoms with Gasteiger partial charge in [0.25, 0.3) is 0 Å². The zero-order valence-electron chi connectivity index (χ0n) is 17.1. The highest BCUT2D eigenvalue weighted by Gasteiger charge is 2.29. The van der Waals surface area contributed by atoms with Crippen LogP contribution in [-0.2, 0) is 4.74 Å². The molecule has 8 nitrogen and oxygen atoms in total. The predicted molar refractivity (Wildman–Crippen MR) is 117 cm³/mol. The fourth-order valence-electron chi connectivity index (χ4n) is 3.91. The number of fused-ring (bicyclic) bond motifs is 3. The molecule has 0 fully saturated rings. The van der Waals surface area contributed by atoms with Gasteiger partial charge in [-0.25, -0.2) is 9.78 Å². The molecule has 0 saturated heterocycles. The van der Waals surface area contributed by atoms with Crippen molar-refractivity contribution in [3.63, 3.8) is 0 Å². The molecule has 0 bridgehead atoms. The quantitative estimate of drug-likeness (QED) is 0.471. The van der Waals surface area contributed by atoms with E-state index in [1.54, 1.807) is 0 Å². The first-order valence-corrected chi connectivity index (χ1v) is 10.1. The highest BCUT2D eigenvalue weighted by molar-refractivity contribution is 5.79. The van der Waals surface area contributed by atoms with Crippen molar-refractivity contribution >= 4 is 11.9 Å². The number of anilines is 1. The predicted octanol–water partition coefficient (Wildman–Crippen LogP) is 2.47. The minimum absolute atomic E-state index is 0.0368. The van der Waals surface area contributed by atoms with Crippen molar-refractivity contribution in [1.29, 1.82) is 5.26 Å². The second kappa shape index (κ2) is 9.06. The Hall–Kier alpha value is -3.93. The molecule has 1 aliphatic carbocycles. The zero-order chi connectivity index (χ0) is 22.7. The molecule has 32 heavy (non-hydrogen) atoms. The van der Waals surface area contributed by atoms with Crippen LogP contribution in [0.2, 0.25) is 0 Å². The molecule has 1 amide bonds. The highest BCUT2D eigenvalue weighted by atomic mass is 16.5. The van der Waals surface area contributed by atoms with Crippen LogP contribution in [0.4, 0.5) is 10.6 Å². The number of aromatic nitrogens is 1. The minimum Gasteiger partial charge on any atom is -0.449 e. The van der Waals surface area contributed by atoms with Crippen LogP contribution < -0.4 is 11.1 Å². The maximum atomic E-state index is 12.2. The summed E-state index contributed by atoms with van der Waals surface area (Å²) >= 11 is 0. The Morgan fingerprint density at radius 3 is 2.41 bits per heavy atom. The number of hydrogen-bond donors (Lipinski definition) is 4. The van der Waals surface area contributed by atoms with Crippen molar-refractivity contribution in [3.8, 4) is 17.2 Å². The smallest absolute Gasteiger partial charge is 0.407 e. The monoisotopic (exact) mass is 430 g/mol. The molecule has 0 spiro atoms. The summed E-state index contributed by atoms with van der Waals surface area (Å²) in [6, 6.07) is 19.2. The lowest BCUT2D eigenvalue weighted by molar-refractivity contribution is 0.0183. The number of aliphatic hydroxyl groups excluding tert-OH is 2. The Bertz CT molecular complexity index is 1150. The summed E-state index contributed by atoms with van der Waals surface area (Å²) in [4.78, 5) is 16.1. The number of alkyl carbamates (subject to hydrolysis) is 1. The van der Waals surface area contributed by atoms with Crippen LogP contribution >= 0.6 is 0 Å². The van der Waals surface area contributed by atoms with Gasteiger partial charge in [0.15, 0.2) is 0 Å². The minimum atomic E-state index is -1.36. The Labute approximate surface area is 184 Å². The van der Waals surface area contributed by atoms with Crippen LogP contribution in [0.15, 0.2) is 60.8 Å². The van der Waals surface area contributed by atoms with Gasteiger partial charge in [0, 0.05) is 24.2 Å². The summed E-state index contributed by atoms with van der Waals surface area (Å²) in [5.41, 5.74) is 10.3.